The van der Waals surface area contributed by atoms with Gasteiger partial charge in [-0.15, -0.1) is 0 Å². The predicted molar refractivity (Wildman–Crippen MR) is 136 cm³/mol. The van der Waals surface area contributed by atoms with E-state index >= 15 is 0 Å². The first-order chi connectivity index (χ1) is 12.8. The Labute approximate surface area is 177 Å². The molecule has 2 aromatic rings. The molecule has 0 radical (unpaired) electrons. The molecule has 2 bridgehead atoms. The van der Waals surface area contributed by atoms with Crippen molar-refractivity contribution in [2.75, 3.05) is 0 Å². The van der Waals surface area contributed by atoms with Gasteiger partial charge in [-0.25, -0.2) is 0 Å². The number of hydrogen-bond donors (Lipinski definition) is 0. The van der Waals surface area contributed by atoms with Crippen molar-refractivity contribution in [2.24, 2.45) is 0 Å². The van der Waals surface area contributed by atoms with E-state index in [9.17, 15) is 0 Å². The average Bonchev–Trinajstić information content (AvgIpc) is 3.03. The summed E-state index contributed by atoms with van der Waals surface area (Å²) in [6.07, 6.45) is 0. The van der Waals surface area contributed by atoms with Crippen LogP contribution in [0.4, 0.5) is 0 Å². The van der Waals surface area contributed by atoms with E-state index in [1.165, 1.54) is 0 Å². The topological polar surface area (TPSA) is 0 Å². The summed E-state index contributed by atoms with van der Waals surface area (Å²) in [5.74, 6) is 0. The van der Waals surface area contributed by atoms with Gasteiger partial charge in [0.2, 0.25) is 0 Å². The number of rotatable bonds is 4. The van der Waals surface area contributed by atoms with Gasteiger partial charge in [0.25, 0.3) is 0 Å². The minimum Gasteiger partial charge on any atom is -0.0698 e. The molecule has 150 valence electrons. The Balaban J connectivity index is 2.08. The fourth-order valence-electron chi connectivity index (χ4n) is 8.83. The molecule has 0 amide bonds. The second-order valence-corrected chi connectivity index (χ2v) is 34.6. The van der Waals surface area contributed by atoms with E-state index in [4.69, 9.17) is 0 Å². The molecular formula is C24H38Si4. The zero-order valence-corrected chi connectivity index (χ0v) is 23.5. The lowest BCUT2D eigenvalue weighted by molar-refractivity contribution is 1.04. The van der Waals surface area contributed by atoms with Crippen LogP contribution in [0.3, 0.4) is 0 Å². The van der Waals surface area contributed by atoms with E-state index < -0.39 is 33.0 Å². The fraction of sp³-hybridized carbons (Fsp3) is 0.500. The number of benzene rings is 2. The number of hydrogen-bond acceptors (Lipinski definition) is 0. The van der Waals surface area contributed by atoms with Crippen molar-refractivity contribution in [3.8, 4) is 0 Å². The quantitative estimate of drug-likeness (QED) is 0.453. The van der Waals surface area contributed by atoms with E-state index in [0.29, 0.717) is 3.91 Å². The molecule has 0 aromatic heterocycles. The van der Waals surface area contributed by atoms with E-state index in [-0.39, 0.29) is 0 Å². The van der Waals surface area contributed by atoms with Crippen molar-refractivity contribution in [1.29, 1.82) is 0 Å². The molecule has 0 saturated heterocycles. The summed E-state index contributed by atoms with van der Waals surface area (Å²) in [4.78, 5) is 0. The van der Waals surface area contributed by atoms with Gasteiger partial charge in [-0.1, -0.05) is 107 Å². The highest BCUT2D eigenvalue weighted by Crippen LogP contribution is 2.68. The summed E-state index contributed by atoms with van der Waals surface area (Å²) < 4.78 is 0.709. The van der Waals surface area contributed by atoms with Crippen LogP contribution in [0.15, 0.2) is 48.5 Å². The molecule has 2 aliphatic rings. The third-order valence-electron chi connectivity index (χ3n) is 8.10. The van der Waals surface area contributed by atoms with Gasteiger partial charge in [-0.05, 0) is 26.2 Å². The molecule has 28 heavy (non-hydrogen) atoms. The van der Waals surface area contributed by atoms with Crippen LogP contribution in [0.5, 0.6) is 0 Å². The Bertz CT molecular complexity index is 778. The highest BCUT2D eigenvalue weighted by atomic mass is 28.5. The van der Waals surface area contributed by atoms with Crippen LogP contribution < -0.4 is 0 Å². The second kappa shape index (κ2) is 6.16. The number of fused-ring (bicyclic) bond motifs is 8. The lowest BCUT2D eigenvalue weighted by Gasteiger charge is -2.63. The van der Waals surface area contributed by atoms with Crippen molar-refractivity contribution in [3.05, 3.63) is 70.8 Å². The van der Waals surface area contributed by atoms with Crippen LogP contribution in [0, 0.1) is 0 Å². The zero-order valence-electron chi connectivity index (χ0n) is 19.4. The van der Waals surface area contributed by atoms with Gasteiger partial charge in [-0.3, -0.25) is 0 Å². The maximum Gasteiger partial charge on any atom is 0.0622 e. The highest BCUT2D eigenvalue weighted by molar-refractivity contribution is 7.26. The monoisotopic (exact) mass is 438 g/mol. The van der Waals surface area contributed by atoms with E-state index in [1.54, 1.807) is 22.3 Å². The van der Waals surface area contributed by atoms with Crippen LogP contribution in [0.25, 0.3) is 0 Å². The van der Waals surface area contributed by atoms with Crippen molar-refractivity contribution >= 4 is 33.0 Å². The van der Waals surface area contributed by atoms with Gasteiger partial charge in [-0.2, -0.15) is 0 Å². The van der Waals surface area contributed by atoms with Gasteiger partial charge in [0.1, 0.15) is 0 Å². The molecule has 0 nitrogen and oxygen atoms in total. The van der Waals surface area contributed by atoms with Crippen molar-refractivity contribution in [1.82, 2.24) is 0 Å². The summed E-state index contributed by atoms with van der Waals surface area (Å²) >= 11 is 0. The third kappa shape index (κ3) is 2.44. The van der Waals surface area contributed by atoms with Gasteiger partial charge in [0, 0.05) is 35.3 Å². The molecule has 0 unspecified atom stereocenters. The minimum absolute atomic E-state index is 0.709. The zero-order chi connectivity index (χ0) is 20.7. The van der Waals surface area contributed by atoms with Gasteiger partial charge in [0.15, 0.2) is 0 Å². The summed E-state index contributed by atoms with van der Waals surface area (Å²) in [5, 5.41) is 0. The molecule has 2 heterocycles. The molecule has 0 atom stereocenters. The van der Waals surface area contributed by atoms with E-state index in [0.717, 1.165) is 11.1 Å². The van der Waals surface area contributed by atoms with E-state index in [1.807, 2.05) is 0 Å². The Morgan fingerprint density at radius 1 is 0.536 bits per heavy atom. The first-order valence-electron chi connectivity index (χ1n) is 11.0. The molecule has 0 spiro atoms. The predicted octanol–water partition coefficient (Wildman–Crippen LogP) is 6.96. The Hall–Kier alpha value is -0.692. The molecule has 2 aliphatic heterocycles. The summed E-state index contributed by atoms with van der Waals surface area (Å²) in [5.41, 5.74) is 8.35. The highest BCUT2D eigenvalue weighted by Gasteiger charge is 2.70. The molecule has 4 rings (SSSR count). The lowest BCUT2D eigenvalue weighted by atomic mass is 9.86. The average molecular weight is 439 g/mol. The Morgan fingerprint density at radius 3 is 1.00 bits per heavy atom. The molecule has 0 saturated carbocycles. The van der Waals surface area contributed by atoms with Crippen LogP contribution in [-0.2, 0) is 0 Å². The van der Waals surface area contributed by atoms with Crippen LogP contribution in [-0.4, -0.2) is 33.0 Å². The minimum atomic E-state index is -1.41. The standard InChI is InChI=1S/C24H38Si4/c1-26(2,3)24(27(4,5)6,28(7,8)9)25-22-18-14-10-11-15-19(18)23(25)21-17-13-12-16-20(21)22/h10-17,22-23,25H,1-9H3. The second-order valence-electron chi connectivity index (χ2n) is 12.3. The first-order valence-corrected chi connectivity index (χ1v) is 23.4. The van der Waals surface area contributed by atoms with Crippen molar-refractivity contribution in [2.45, 2.75) is 73.9 Å². The maximum absolute atomic E-state index is 2.74. The third-order valence-corrected chi connectivity index (χ3v) is 43.4. The largest absolute Gasteiger partial charge is 0.0698 e. The summed E-state index contributed by atoms with van der Waals surface area (Å²) in [6.45, 7) is 24.7. The molecular weight excluding hydrogens is 401 g/mol. The van der Waals surface area contributed by atoms with Crippen LogP contribution in [0.2, 0.25) is 62.8 Å². The SMILES string of the molecule is C[Si](C)(C)C([SiH]1C2c3ccccc3C1c1ccccc12)([Si](C)(C)C)[Si](C)(C)C. The summed E-state index contributed by atoms with van der Waals surface area (Å²) in [6, 6.07) is 19.1. The molecule has 4 heteroatoms. The normalized spacial score (nSPS) is 24.2. The maximum atomic E-state index is 2.74. The van der Waals surface area contributed by atoms with Gasteiger partial charge in [0.05, 0.1) is 8.80 Å². The molecule has 2 aromatic carbocycles. The molecule has 0 N–H and O–H groups in total. The van der Waals surface area contributed by atoms with Crippen molar-refractivity contribution in [3.63, 3.8) is 0 Å². The Morgan fingerprint density at radius 2 is 0.786 bits per heavy atom. The fourth-order valence-corrected chi connectivity index (χ4v) is 55.0. The Kier molecular flexibility index (Phi) is 4.53. The molecule has 0 fully saturated rings. The molecule has 0 aliphatic carbocycles. The van der Waals surface area contributed by atoms with Gasteiger partial charge >= 0.3 is 0 Å². The van der Waals surface area contributed by atoms with Crippen molar-refractivity contribution < 1.29 is 0 Å². The smallest absolute Gasteiger partial charge is 0.0622 e. The van der Waals surface area contributed by atoms with E-state index in [2.05, 4.69) is 107 Å². The van der Waals surface area contributed by atoms with Crippen LogP contribution in [0.1, 0.15) is 33.3 Å². The summed E-state index contributed by atoms with van der Waals surface area (Å²) in [7, 11) is -5.40. The van der Waals surface area contributed by atoms with Crippen LogP contribution >= 0.6 is 0 Å². The van der Waals surface area contributed by atoms with Gasteiger partial charge < -0.3 is 0 Å². The lowest BCUT2D eigenvalue weighted by Crippen LogP contribution is -2.73. The first kappa shape index (κ1) is 20.6.